The Hall–Kier alpha value is -1.79. The third-order valence-corrected chi connectivity index (χ3v) is 4.76. The normalized spacial score (nSPS) is 20.4. The average Bonchev–Trinajstić information content (AvgIpc) is 2.88. The largest absolute Gasteiger partial charge is 0.425 e. The molecule has 1 atom stereocenters. The summed E-state index contributed by atoms with van der Waals surface area (Å²) >= 11 is 9.02. The summed E-state index contributed by atoms with van der Waals surface area (Å²) in [6.45, 7) is 0. The summed E-state index contributed by atoms with van der Waals surface area (Å²) < 4.78 is 47.2. The Labute approximate surface area is 155 Å². The zero-order chi connectivity index (χ0) is 18.2. The number of esters is 1. The van der Waals surface area contributed by atoms with E-state index in [0.717, 1.165) is 10.5 Å². The van der Waals surface area contributed by atoms with Gasteiger partial charge in [-0.1, -0.05) is 51.8 Å². The molecule has 130 valence electrons. The molecule has 1 aliphatic heterocycles. The minimum atomic E-state index is -4.79. The minimum Gasteiger partial charge on any atom is -0.425 e. The van der Waals surface area contributed by atoms with Crippen LogP contribution in [0, 0.1) is 5.41 Å². The van der Waals surface area contributed by atoms with Gasteiger partial charge in [0.05, 0.1) is 0 Å². The van der Waals surface area contributed by atoms with Gasteiger partial charge in [0.15, 0.2) is 5.41 Å². The van der Waals surface area contributed by atoms with Crippen molar-refractivity contribution in [1.82, 2.24) is 0 Å². The summed E-state index contributed by atoms with van der Waals surface area (Å²) in [5, 5.41) is 0.407. The Morgan fingerprint density at radius 2 is 1.64 bits per heavy atom. The molecule has 1 heterocycles. The summed E-state index contributed by atoms with van der Waals surface area (Å²) in [4.78, 5) is 12.2. The average molecular weight is 432 g/mol. The van der Waals surface area contributed by atoms with E-state index in [1.54, 1.807) is 24.3 Å². The maximum atomic E-state index is 13.8. The maximum Gasteiger partial charge on any atom is 0.408 e. The van der Waals surface area contributed by atoms with Crippen molar-refractivity contribution in [3.63, 3.8) is 0 Å². The van der Waals surface area contributed by atoms with Gasteiger partial charge in [0.2, 0.25) is 0 Å². The zero-order valence-corrected chi connectivity index (χ0v) is 15.0. The number of hydrogen-bond donors (Lipinski definition) is 0. The smallest absolute Gasteiger partial charge is 0.408 e. The van der Waals surface area contributed by atoms with Gasteiger partial charge in [0.1, 0.15) is 5.76 Å². The number of alkyl halides is 3. The van der Waals surface area contributed by atoms with Gasteiger partial charge in [0, 0.05) is 21.5 Å². The molecule has 0 saturated carbocycles. The third-order valence-electron chi connectivity index (χ3n) is 3.98. The van der Waals surface area contributed by atoms with Crippen molar-refractivity contribution in [2.24, 2.45) is 5.41 Å². The van der Waals surface area contributed by atoms with Crippen LogP contribution < -0.4 is 0 Å². The number of ether oxygens (including phenoxy) is 1. The van der Waals surface area contributed by atoms with Crippen LogP contribution >= 0.6 is 27.5 Å². The molecule has 2 nitrogen and oxygen atoms in total. The van der Waals surface area contributed by atoms with Crippen LogP contribution in [0.1, 0.15) is 11.1 Å². The molecular formula is C18H11BrClF3O2. The second kappa shape index (κ2) is 6.50. The Morgan fingerprint density at radius 1 is 1.04 bits per heavy atom. The first-order valence-electron chi connectivity index (χ1n) is 7.23. The quantitative estimate of drug-likeness (QED) is 0.575. The van der Waals surface area contributed by atoms with Gasteiger partial charge in [-0.05, 0) is 35.9 Å². The van der Waals surface area contributed by atoms with Crippen molar-refractivity contribution in [2.45, 2.75) is 12.6 Å². The first-order chi connectivity index (χ1) is 11.7. The molecule has 7 heteroatoms. The number of hydrogen-bond acceptors (Lipinski definition) is 2. The number of carbonyl (C=O) groups is 1. The van der Waals surface area contributed by atoms with E-state index in [1.165, 1.54) is 24.3 Å². The lowest BCUT2D eigenvalue weighted by molar-refractivity contribution is -0.212. The van der Waals surface area contributed by atoms with Gasteiger partial charge >= 0.3 is 12.1 Å². The van der Waals surface area contributed by atoms with Crippen LogP contribution in [0.3, 0.4) is 0 Å². The van der Waals surface area contributed by atoms with Crippen LogP contribution in [-0.4, -0.2) is 12.1 Å². The molecule has 3 rings (SSSR count). The molecule has 0 saturated heterocycles. The number of rotatable bonds is 3. The first-order valence-corrected chi connectivity index (χ1v) is 8.41. The van der Waals surface area contributed by atoms with E-state index in [2.05, 4.69) is 15.9 Å². The molecule has 0 N–H and O–H groups in total. The highest BCUT2D eigenvalue weighted by molar-refractivity contribution is 9.10. The van der Waals surface area contributed by atoms with Crippen LogP contribution in [0.2, 0.25) is 5.02 Å². The van der Waals surface area contributed by atoms with Crippen LogP contribution in [-0.2, 0) is 16.0 Å². The van der Waals surface area contributed by atoms with Gasteiger partial charge in [-0.25, -0.2) is 0 Å². The molecule has 0 aliphatic carbocycles. The second-order valence-electron chi connectivity index (χ2n) is 5.68. The molecule has 0 aromatic heterocycles. The van der Waals surface area contributed by atoms with Crippen LogP contribution in [0.4, 0.5) is 13.2 Å². The molecule has 0 radical (unpaired) electrons. The Morgan fingerprint density at radius 3 is 2.20 bits per heavy atom. The lowest BCUT2D eigenvalue weighted by atomic mass is 9.81. The highest BCUT2D eigenvalue weighted by atomic mass is 79.9. The highest BCUT2D eigenvalue weighted by Gasteiger charge is 2.63. The fourth-order valence-corrected chi connectivity index (χ4v) is 3.00. The summed E-state index contributed by atoms with van der Waals surface area (Å²) in [5.41, 5.74) is -1.98. The van der Waals surface area contributed by atoms with Crippen molar-refractivity contribution in [3.8, 4) is 0 Å². The van der Waals surface area contributed by atoms with E-state index in [0.29, 0.717) is 16.1 Å². The summed E-state index contributed by atoms with van der Waals surface area (Å²) in [6, 6.07) is 12.4. The molecule has 0 fully saturated rings. The lowest BCUT2D eigenvalue weighted by Crippen LogP contribution is -2.43. The number of cyclic esters (lactones) is 1. The standard InChI is InChI=1S/C18H11BrClF3O2/c19-13-5-3-12(4-6-13)15-10-17(16(24)25-15,18(21,22)23)9-11-1-7-14(20)8-2-11/h1-8,10H,9H2. The van der Waals surface area contributed by atoms with E-state index >= 15 is 0 Å². The van der Waals surface area contributed by atoms with Gasteiger partial charge in [-0.3, -0.25) is 4.79 Å². The van der Waals surface area contributed by atoms with Crippen molar-refractivity contribution < 1.29 is 22.7 Å². The highest BCUT2D eigenvalue weighted by Crippen LogP contribution is 2.49. The summed E-state index contributed by atoms with van der Waals surface area (Å²) in [7, 11) is 0. The topological polar surface area (TPSA) is 26.3 Å². The van der Waals surface area contributed by atoms with E-state index in [-0.39, 0.29) is 5.76 Å². The van der Waals surface area contributed by atoms with E-state index in [1.807, 2.05) is 0 Å². The molecule has 1 unspecified atom stereocenters. The predicted molar refractivity (Wildman–Crippen MR) is 91.9 cm³/mol. The fraction of sp³-hybridized carbons (Fsp3) is 0.167. The Bertz CT molecular complexity index is 829. The monoisotopic (exact) mass is 430 g/mol. The predicted octanol–water partition coefficient (Wildman–Crippen LogP) is 5.79. The van der Waals surface area contributed by atoms with Crippen molar-refractivity contribution in [2.75, 3.05) is 0 Å². The van der Waals surface area contributed by atoms with Crippen molar-refractivity contribution >= 4 is 39.3 Å². The molecule has 1 aliphatic rings. The summed E-state index contributed by atoms with van der Waals surface area (Å²) in [6.07, 6.45) is -4.47. The van der Waals surface area contributed by atoms with Gasteiger partial charge in [-0.15, -0.1) is 0 Å². The van der Waals surface area contributed by atoms with Gasteiger partial charge in [0.25, 0.3) is 0 Å². The van der Waals surface area contributed by atoms with E-state index in [9.17, 15) is 18.0 Å². The molecular weight excluding hydrogens is 421 g/mol. The second-order valence-corrected chi connectivity index (χ2v) is 7.03. The molecule has 2 aromatic carbocycles. The molecule has 0 spiro atoms. The lowest BCUT2D eigenvalue weighted by Gasteiger charge is -2.26. The zero-order valence-electron chi connectivity index (χ0n) is 12.6. The number of carbonyl (C=O) groups excluding carboxylic acids is 1. The molecule has 0 amide bonds. The maximum absolute atomic E-state index is 13.8. The van der Waals surface area contributed by atoms with Crippen molar-refractivity contribution in [1.29, 1.82) is 0 Å². The third kappa shape index (κ3) is 3.46. The minimum absolute atomic E-state index is 0.0937. The molecule has 2 aromatic rings. The van der Waals surface area contributed by atoms with Crippen LogP contribution in [0.25, 0.3) is 5.76 Å². The molecule has 25 heavy (non-hydrogen) atoms. The van der Waals surface area contributed by atoms with Crippen LogP contribution in [0.15, 0.2) is 59.1 Å². The summed E-state index contributed by atoms with van der Waals surface area (Å²) in [5.74, 6) is -1.42. The number of benzene rings is 2. The van der Waals surface area contributed by atoms with E-state index < -0.39 is 24.0 Å². The molecule has 0 bridgehead atoms. The Kier molecular flexibility index (Phi) is 4.68. The first kappa shape index (κ1) is 18.0. The fourth-order valence-electron chi connectivity index (χ4n) is 2.60. The van der Waals surface area contributed by atoms with Crippen LogP contribution in [0.5, 0.6) is 0 Å². The SMILES string of the molecule is O=C1OC(c2ccc(Br)cc2)=CC1(Cc1ccc(Cl)cc1)C(F)(F)F. The number of halogens is 5. The van der Waals surface area contributed by atoms with Gasteiger partial charge < -0.3 is 4.74 Å². The Balaban J connectivity index is 2.03. The van der Waals surface area contributed by atoms with E-state index in [4.69, 9.17) is 16.3 Å². The van der Waals surface area contributed by atoms with Crippen molar-refractivity contribution in [3.05, 3.63) is 75.2 Å². The van der Waals surface area contributed by atoms with Gasteiger partial charge in [-0.2, -0.15) is 13.2 Å².